The summed E-state index contributed by atoms with van der Waals surface area (Å²) in [6, 6.07) is 18.3. The van der Waals surface area contributed by atoms with Crippen molar-refractivity contribution in [3.8, 4) is 0 Å². The number of benzene rings is 2. The molecule has 29 heavy (non-hydrogen) atoms. The van der Waals surface area contributed by atoms with Gasteiger partial charge in [-0.05, 0) is 73.0 Å². The van der Waals surface area contributed by atoms with Crippen LogP contribution in [0.15, 0.2) is 73.1 Å². The molecule has 0 aliphatic heterocycles. The summed E-state index contributed by atoms with van der Waals surface area (Å²) < 4.78 is 5.04. The summed E-state index contributed by atoms with van der Waals surface area (Å²) in [5, 5.41) is 0. The van der Waals surface area contributed by atoms with Crippen molar-refractivity contribution in [1.29, 1.82) is 0 Å². The van der Waals surface area contributed by atoms with Crippen LogP contribution in [0.25, 0.3) is 0 Å². The van der Waals surface area contributed by atoms with Crippen LogP contribution in [-0.4, -0.2) is 23.5 Å². The molecule has 0 bridgehead atoms. The summed E-state index contributed by atoms with van der Waals surface area (Å²) in [4.78, 5) is 31.0. The minimum atomic E-state index is -0.374. The number of rotatable bonds is 7. The minimum absolute atomic E-state index is 0.103. The van der Waals surface area contributed by atoms with Gasteiger partial charge in [0.15, 0.2) is 0 Å². The number of anilines is 1. The van der Waals surface area contributed by atoms with Crippen LogP contribution in [-0.2, 0) is 17.7 Å². The van der Waals surface area contributed by atoms with Crippen LogP contribution in [0, 0.1) is 0 Å². The Labute approximate surface area is 171 Å². The summed E-state index contributed by atoms with van der Waals surface area (Å²) in [5.41, 5.74) is 3.93. The topological polar surface area (TPSA) is 59.5 Å². The standard InChI is InChI=1S/C24H24N2O3/c1-3-18-5-7-20(8-6-18)23(27)26(17-19-13-15-25-16-14-19)22-11-9-21(10-12-22)24(28)29-4-2/h5-16H,3-4,17H2,1-2H3. The summed E-state index contributed by atoms with van der Waals surface area (Å²) in [6.07, 6.45) is 4.33. The van der Waals surface area contributed by atoms with Crippen LogP contribution >= 0.6 is 0 Å². The van der Waals surface area contributed by atoms with Crippen LogP contribution in [0.3, 0.4) is 0 Å². The van der Waals surface area contributed by atoms with Crippen molar-refractivity contribution in [2.24, 2.45) is 0 Å². The van der Waals surface area contributed by atoms with E-state index in [2.05, 4.69) is 11.9 Å². The molecule has 1 amide bonds. The maximum atomic E-state index is 13.3. The fraction of sp³-hybridized carbons (Fsp3) is 0.208. The molecule has 0 atom stereocenters. The van der Waals surface area contributed by atoms with Crippen LogP contribution in [0.2, 0.25) is 0 Å². The lowest BCUT2D eigenvalue weighted by atomic mass is 10.1. The lowest BCUT2D eigenvalue weighted by molar-refractivity contribution is 0.0526. The van der Waals surface area contributed by atoms with Crippen molar-refractivity contribution in [2.45, 2.75) is 26.8 Å². The van der Waals surface area contributed by atoms with Crippen molar-refractivity contribution in [3.63, 3.8) is 0 Å². The van der Waals surface area contributed by atoms with Crippen molar-refractivity contribution in [3.05, 3.63) is 95.3 Å². The van der Waals surface area contributed by atoms with Gasteiger partial charge in [-0.1, -0.05) is 19.1 Å². The number of nitrogens with zero attached hydrogens (tertiary/aromatic N) is 2. The van der Waals surface area contributed by atoms with E-state index in [0.29, 0.717) is 30.0 Å². The highest BCUT2D eigenvalue weighted by Crippen LogP contribution is 2.22. The zero-order valence-corrected chi connectivity index (χ0v) is 16.7. The van der Waals surface area contributed by atoms with Crippen LogP contribution in [0.4, 0.5) is 5.69 Å². The molecular formula is C24H24N2O3. The number of aryl methyl sites for hydroxylation is 1. The van der Waals surface area contributed by atoms with E-state index in [0.717, 1.165) is 12.0 Å². The third-order valence-corrected chi connectivity index (χ3v) is 4.63. The van der Waals surface area contributed by atoms with E-state index in [1.54, 1.807) is 48.5 Å². The summed E-state index contributed by atoms with van der Waals surface area (Å²) in [7, 11) is 0. The molecule has 0 spiro atoms. The van der Waals surface area contributed by atoms with E-state index >= 15 is 0 Å². The molecule has 3 rings (SSSR count). The molecule has 0 aliphatic carbocycles. The molecule has 0 fully saturated rings. The summed E-state index contributed by atoms with van der Waals surface area (Å²) >= 11 is 0. The van der Waals surface area contributed by atoms with Gasteiger partial charge in [0.2, 0.25) is 0 Å². The van der Waals surface area contributed by atoms with Gasteiger partial charge in [-0.2, -0.15) is 0 Å². The van der Waals surface area contributed by atoms with Gasteiger partial charge >= 0.3 is 5.97 Å². The molecule has 3 aromatic rings. The molecule has 5 heteroatoms. The largest absolute Gasteiger partial charge is 0.462 e. The molecule has 1 aromatic heterocycles. The first-order valence-corrected chi connectivity index (χ1v) is 9.69. The highest BCUT2D eigenvalue weighted by Gasteiger charge is 2.19. The van der Waals surface area contributed by atoms with E-state index in [-0.39, 0.29) is 11.9 Å². The quantitative estimate of drug-likeness (QED) is 0.552. The second-order valence-corrected chi connectivity index (χ2v) is 6.56. The van der Waals surface area contributed by atoms with Gasteiger partial charge in [0.05, 0.1) is 18.7 Å². The first-order chi connectivity index (χ1) is 14.1. The highest BCUT2D eigenvalue weighted by molar-refractivity contribution is 6.06. The Morgan fingerprint density at radius 3 is 2.03 bits per heavy atom. The zero-order valence-electron chi connectivity index (χ0n) is 16.7. The number of amides is 1. The molecule has 0 N–H and O–H groups in total. The molecular weight excluding hydrogens is 364 g/mol. The molecule has 0 aliphatic rings. The van der Waals surface area contributed by atoms with Gasteiger partial charge in [0, 0.05) is 23.6 Å². The Hall–Kier alpha value is -3.47. The van der Waals surface area contributed by atoms with E-state index < -0.39 is 0 Å². The second kappa shape index (κ2) is 9.64. The van der Waals surface area contributed by atoms with Crippen molar-refractivity contribution in [2.75, 3.05) is 11.5 Å². The minimum Gasteiger partial charge on any atom is -0.462 e. The normalized spacial score (nSPS) is 10.4. The molecule has 148 valence electrons. The van der Waals surface area contributed by atoms with Gasteiger partial charge in [0.25, 0.3) is 5.91 Å². The summed E-state index contributed by atoms with van der Waals surface area (Å²) in [6.45, 7) is 4.57. The van der Waals surface area contributed by atoms with E-state index in [1.165, 1.54) is 5.56 Å². The second-order valence-electron chi connectivity index (χ2n) is 6.56. The van der Waals surface area contributed by atoms with Crippen molar-refractivity contribution < 1.29 is 14.3 Å². The Kier molecular flexibility index (Phi) is 6.74. The molecule has 1 heterocycles. The molecule has 0 saturated carbocycles. The number of pyridine rings is 1. The highest BCUT2D eigenvalue weighted by atomic mass is 16.5. The van der Waals surface area contributed by atoms with Gasteiger partial charge in [-0.25, -0.2) is 4.79 Å². The zero-order chi connectivity index (χ0) is 20.6. The Bertz CT molecular complexity index is 952. The predicted molar refractivity (Wildman–Crippen MR) is 113 cm³/mol. The third kappa shape index (κ3) is 5.08. The smallest absolute Gasteiger partial charge is 0.338 e. The fourth-order valence-electron chi connectivity index (χ4n) is 2.98. The Morgan fingerprint density at radius 1 is 0.828 bits per heavy atom. The lowest BCUT2D eigenvalue weighted by Gasteiger charge is -2.23. The van der Waals surface area contributed by atoms with Gasteiger partial charge in [-0.3, -0.25) is 9.78 Å². The van der Waals surface area contributed by atoms with E-state index in [9.17, 15) is 9.59 Å². The molecule has 0 radical (unpaired) electrons. The first-order valence-electron chi connectivity index (χ1n) is 9.69. The Balaban J connectivity index is 1.91. The van der Waals surface area contributed by atoms with Crippen LogP contribution in [0.5, 0.6) is 0 Å². The predicted octanol–water partition coefficient (Wildman–Crippen LogP) is 4.67. The van der Waals surface area contributed by atoms with Crippen LogP contribution in [0.1, 0.15) is 45.7 Å². The van der Waals surface area contributed by atoms with Crippen LogP contribution < -0.4 is 4.90 Å². The van der Waals surface area contributed by atoms with Crippen molar-refractivity contribution in [1.82, 2.24) is 4.98 Å². The molecule has 0 saturated heterocycles. The maximum absolute atomic E-state index is 13.3. The number of ether oxygens (including phenoxy) is 1. The Morgan fingerprint density at radius 2 is 1.45 bits per heavy atom. The first kappa shape index (κ1) is 20.3. The van der Waals surface area contributed by atoms with E-state index in [1.807, 2.05) is 36.4 Å². The molecule has 5 nitrogen and oxygen atoms in total. The lowest BCUT2D eigenvalue weighted by Crippen LogP contribution is -2.30. The number of aromatic nitrogens is 1. The number of carbonyl (C=O) groups excluding carboxylic acids is 2. The average Bonchev–Trinajstić information content (AvgIpc) is 2.78. The summed E-state index contributed by atoms with van der Waals surface area (Å²) in [5.74, 6) is -0.477. The SMILES string of the molecule is CCOC(=O)c1ccc(N(Cc2ccncc2)C(=O)c2ccc(CC)cc2)cc1. The molecule has 2 aromatic carbocycles. The fourth-order valence-corrected chi connectivity index (χ4v) is 2.98. The molecule has 0 unspecified atom stereocenters. The monoisotopic (exact) mass is 388 g/mol. The number of hydrogen-bond acceptors (Lipinski definition) is 4. The third-order valence-electron chi connectivity index (χ3n) is 4.63. The van der Waals surface area contributed by atoms with Gasteiger partial charge < -0.3 is 9.64 Å². The average molecular weight is 388 g/mol. The number of esters is 1. The van der Waals surface area contributed by atoms with Gasteiger partial charge in [0.1, 0.15) is 0 Å². The number of carbonyl (C=O) groups is 2. The van der Waals surface area contributed by atoms with Gasteiger partial charge in [-0.15, -0.1) is 0 Å². The number of hydrogen-bond donors (Lipinski definition) is 0. The van der Waals surface area contributed by atoms with E-state index in [4.69, 9.17) is 4.74 Å². The van der Waals surface area contributed by atoms with Crippen molar-refractivity contribution >= 4 is 17.6 Å². The maximum Gasteiger partial charge on any atom is 0.338 e.